The normalized spacial score (nSPS) is 12.1. The van der Waals surface area contributed by atoms with Crippen LogP contribution >= 0.6 is 0 Å². The molecule has 1 aromatic carbocycles. The molecule has 0 aliphatic carbocycles. The molecule has 1 N–H and O–H groups in total. The van der Waals surface area contributed by atoms with Crippen LogP contribution in [0.1, 0.15) is 25.0 Å². The predicted octanol–water partition coefficient (Wildman–Crippen LogP) is 2.37. The van der Waals surface area contributed by atoms with E-state index in [1.54, 1.807) is 17.0 Å². The van der Waals surface area contributed by atoms with Gasteiger partial charge in [-0.15, -0.1) is 0 Å². The van der Waals surface area contributed by atoms with Gasteiger partial charge in [-0.1, -0.05) is 19.1 Å². The Hall–Kier alpha value is -2.07. The Morgan fingerprint density at radius 1 is 1.15 bits per heavy atom. The van der Waals surface area contributed by atoms with Crippen molar-refractivity contribution in [2.75, 3.05) is 6.61 Å². The second-order valence-electron chi connectivity index (χ2n) is 4.66. The highest BCUT2D eigenvalue weighted by molar-refractivity contribution is 5.28. The van der Waals surface area contributed by atoms with Gasteiger partial charge in [-0.2, -0.15) is 0 Å². The minimum absolute atomic E-state index is 0.0341. The number of hydrogen-bond acceptors (Lipinski definition) is 3. The molecule has 2 aromatic rings. The average molecular weight is 273 g/mol. The van der Waals surface area contributed by atoms with E-state index in [0.717, 1.165) is 17.7 Å². The van der Waals surface area contributed by atoms with Gasteiger partial charge in [0.1, 0.15) is 5.75 Å². The minimum atomic E-state index is -0.613. The van der Waals surface area contributed by atoms with Crippen molar-refractivity contribution in [2.45, 2.75) is 26.0 Å². The molecule has 0 aliphatic heterocycles. The maximum absolute atomic E-state index is 11.0. The molecule has 106 valence electrons. The molecule has 0 amide bonds. The molecule has 0 aliphatic rings. The molecule has 20 heavy (non-hydrogen) atoms. The second kappa shape index (κ2) is 6.91. The van der Waals surface area contributed by atoms with Crippen molar-refractivity contribution in [2.24, 2.45) is 0 Å². The molecule has 1 aromatic heterocycles. The molecule has 0 bridgehead atoms. The highest BCUT2D eigenvalue weighted by Gasteiger charge is 2.07. The second-order valence-corrected chi connectivity index (χ2v) is 4.66. The van der Waals surface area contributed by atoms with Gasteiger partial charge in [0.25, 0.3) is 0 Å². The number of hydrogen-bond donors (Lipinski definition) is 1. The van der Waals surface area contributed by atoms with Crippen LogP contribution in [0.3, 0.4) is 0 Å². The zero-order valence-corrected chi connectivity index (χ0v) is 11.5. The summed E-state index contributed by atoms with van der Waals surface area (Å²) in [5.41, 5.74) is 0.792. The van der Waals surface area contributed by atoms with Crippen molar-refractivity contribution in [1.29, 1.82) is 0 Å². The van der Waals surface area contributed by atoms with Crippen LogP contribution in [0.25, 0.3) is 0 Å². The third kappa shape index (κ3) is 3.96. The van der Waals surface area contributed by atoms with Crippen LogP contribution in [0.2, 0.25) is 0 Å². The van der Waals surface area contributed by atoms with Crippen LogP contribution in [0, 0.1) is 0 Å². The van der Waals surface area contributed by atoms with Crippen molar-refractivity contribution in [3.05, 3.63) is 64.6 Å². The fraction of sp³-hybridized carbons (Fsp3) is 0.312. The Bertz CT molecular complexity index is 569. The van der Waals surface area contributed by atoms with E-state index in [2.05, 4.69) is 6.92 Å². The van der Waals surface area contributed by atoms with E-state index in [4.69, 9.17) is 4.74 Å². The van der Waals surface area contributed by atoms with Crippen LogP contribution in [0.4, 0.5) is 0 Å². The van der Waals surface area contributed by atoms with Gasteiger partial charge in [0, 0.05) is 24.5 Å². The van der Waals surface area contributed by atoms with Gasteiger partial charge in [-0.3, -0.25) is 4.79 Å². The summed E-state index contributed by atoms with van der Waals surface area (Å²) in [6.07, 6.45) is 3.70. The van der Waals surface area contributed by atoms with Gasteiger partial charge in [-0.05, 0) is 24.1 Å². The van der Waals surface area contributed by atoms with Crippen molar-refractivity contribution in [3.8, 4) is 5.75 Å². The van der Waals surface area contributed by atoms with Crippen LogP contribution in [0.5, 0.6) is 5.75 Å². The molecule has 0 radical (unpaired) electrons. The molecule has 4 nitrogen and oxygen atoms in total. The van der Waals surface area contributed by atoms with E-state index in [1.165, 1.54) is 12.1 Å². The summed E-state index contributed by atoms with van der Waals surface area (Å²) in [6, 6.07) is 10.4. The predicted molar refractivity (Wildman–Crippen MR) is 77.9 cm³/mol. The van der Waals surface area contributed by atoms with Gasteiger partial charge in [0.15, 0.2) is 5.43 Å². The molecule has 0 saturated heterocycles. The molecule has 0 fully saturated rings. The maximum atomic E-state index is 11.0. The van der Waals surface area contributed by atoms with Crippen LogP contribution in [-0.4, -0.2) is 16.3 Å². The molecule has 4 heteroatoms. The van der Waals surface area contributed by atoms with E-state index in [1.807, 2.05) is 24.3 Å². The first-order valence-electron chi connectivity index (χ1n) is 6.76. The lowest BCUT2D eigenvalue weighted by Gasteiger charge is -2.14. The van der Waals surface area contributed by atoms with E-state index in [-0.39, 0.29) is 5.43 Å². The standard InChI is InChI=1S/C16H19NO3/c1-2-11-20-15-5-3-13(4-6-15)16(19)12-17-9-7-14(18)8-10-17/h3-10,16,19H,2,11-12H2,1H3. The first-order valence-corrected chi connectivity index (χ1v) is 6.76. The molecule has 1 unspecified atom stereocenters. The summed E-state index contributed by atoms with van der Waals surface area (Å²) < 4.78 is 7.29. The summed E-state index contributed by atoms with van der Waals surface area (Å²) in [6.45, 7) is 3.16. The lowest BCUT2D eigenvalue weighted by Crippen LogP contribution is -2.10. The van der Waals surface area contributed by atoms with Gasteiger partial charge in [0.05, 0.1) is 19.3 Å². The minimum Gasteiger partial charge on any atom is -0.494 e. The first kappa shape index (κ1) is 14.3. The third-order valence-electron chi connectivity index (χ3n) is 2.98. The summed E-state index contributed by atoms with van der Waals surface area (Å²) in [5, 5.41) is 10.2. The van der Waals surface area contributed by atoms with Crippen LogP contribution in [0.15, 0.2) is 53.6 Å². The van der Waals surface area contributed by atoms with Crippen LogP contribution < -0.4 is 10.2 Å². The van der Waals surface area contributed by atoms with E-state index >= 15 is 0 Å². The van der Waals surface area contributed by atoms with Gasteiger partial charge < -0.3 is 14.4 Å². The summed E-state index contributed by atoms with van der Waals surface area (Å²) in [4.78, 5) is 11.0. The average Bonchev–Trinajstić information content (AvgIpc) is 2.48. The van der Waals surface area contributed by atoms with Crippen molar-refractivity contribution < 1.29 is 9.84 Å². The Morgan fingerprint density at radius 2 is 1.80 bits per heavy atom. The van der Waals surface area contributed by atoms with Gasteiger partial charge in [0.2, 0.25) is 0 Å². The van der Waals surface area contributed by atoms with E-state index in [9.17, 15) is 9.90 Å². The lowest BCUT2D eigenvalue weighted by molar-refractivity contribution is 0.156. The SMILES string of the molecule is CCCOc1ccc(C(O)Cn2ccc(=O)cc2)cc1. The first-order chi connectivity index (χ1) is 9.69. The number of aliphatic hydroxyl groups is 1. The number of aliphatic hydroxyl groups excluding tert-OH is 1. The molecule has 2 rings (SSSR count). The molecule has 1 heterocycles. The molecule has 0 spiro atoms. The lowest BCUT2D eigenvalue weighted by atomic mass is 10.1. The monoisotopic (exact) mass is 273 g/mol. The Kier molecular flexibility index (Phi) is 4.96. The topological polar surface area (TPSA) is 51.5 Å². The number of pyridine rings is 1. The summed E-state index contributed by atoms with van der Waals surface area (Å²) in [5.74, 6) is 0.811. The molecular formula is C16H19NO3. The van der Waals surface area contributed by atoms with Gasteiger partial charge in [-0.25, -0.2) is 0 Å². The highest BCUT2D eigenvalue weighted by atomic mass is 16.5. The number of aromatic nitrogens is 1. The number of benzene rings is 1. The fourth-order valence-electron chi connectivity index (χ4n) is 1.88. The zero-order chi connectivity index (χ0) is 14.4. The number of ether oxygens (including phenoxy) is 1. The van der Waals surface area contributed by atoms with Crippen molar-refractivity contribution in [1.82, 2.24) is 4.57 Å². The number of rotatable bonds is 6. The maximum Gasteiger partial charge on any atom is 0.181 e. The molecule has 0 saturated carbocycles. The largest absolute Gasteiger partial charge is 0.494 e. The van der Waals surface area contributed by atoms with E-state index in [0.29, 0.717) is 13.2 Å². The Morgan fingerprint density at radius 3 is 2.40 bits per heavy atom. The molecular weight excluding hydrogens is 254 g/mol. The smallest absolute Gasteiger partial charge is 0.181 e. The fourth-order valence-corrected chi connectivity index (χ4v) is 1.88. The number of nitrogens with zero attached hydrogens (tertiary/aromatic N) is 1. The summed E-state index contributed by atoms with van der Waals surface area (Å²) in [7, 11) is 0. The summed E-state index contributed by atoms with van der Waals surface area (Å²) >= 11 is 0. The van der Waals surface area contributed by atoms with E-state index < -0.39 is 6.10 Å². The Balaban J connectivity index is 1.99. The van der Waals surface area contributed by atoms with Crippen molar-refractivity contribution >= 4 is 0 Å². The van der Waals surface area contributed by atoms with Crippen molar-refractivity contribution in [3.63, 3.8) is 0 Å². The molecule has 1 atom stereocenters. The third-order valence-corrected chi connectivity index (χ3v) is 2.98. The van der Waals surface area contributed by atoms with Crippen LogP contribution in [-0.2, 0) is 6.54 Å². The zero-order valence-electron chi connectivity index (χ0n) is 11.5. The highest BCUT2D eigenvalue weighted by Crippen LogP contribution is 2.19. The van der Waals surface area contributed by atoms with Gasteiger partial charge >= 0.3 is 0 Å². The Labute approximate surface area is 118 Å². The quantitative estimate of drug-likeness (QED) is 0.879.